The molecule has 0 N–H and O–H groups in total. The molecule has 0 aromatic rings. The number of hydrogen-bond donors (Lipinski definition) is 0. The van der Waals surface area contributed by atoms with Gasteiger partial charge < -0.3 is 4.90 Å². The first kappa shape index (κ1) is 10.4. The van der Waals surface area contributed by atoms with E-state index in [1.165, 1.54) is 6.08 Å². The van der Waals surface area contributed by atoms with E-state index in [4.69, 9.17) is 11.6 Å². The Hall–Kier alpha value is -0.640. The Balaban J connectivity index is 2.78. The van der Waals surface area contributed by atoms with Gasteiger partial charge in [0.1, 0.15) is 0 Å². The molecule has 0 aromatic carbocycles. The van der Waals surface area contributed by atoms with Crippen LogP contribution in [0.25, 0.3) is 0 Å². The topological polar surface area (TPSA) is 20.3 Å². The molecule has 1 unspecified atom stereocenters. The molecular weight excluding hydrogens is 200 g/mol. The van der Waals surface area contributed by atoms with Crippen LogP contribution in [-0.2, 0) is 4.79 Å². The maximum Gasteiger partial charge on any atom is 0.330 e. The third kappa shape index (κ3) is 1.68. The maximum atomic E-state index is 13.1. The fourth-order valence-corrected chi connectivity index (χ4v) is 1.60. The van der Waals surface area contributed by atoms with Crippen molar-refractivity contribution < 1.29 is 13.6 Å². The van der Waals surface area contributed by atoms with Gasteiger partial charge in [-0.3, -0.25) is 4.79 Å². The molecule has 1 saturated heterocycles. The molecule has 13 heavy (non-hydrogen) atoms. The fraction of sp³-hybridized carbons (Fsp3) is 0.625. The zero-order valence-electron chi connectivity index (χ0n) is 6.97. The van der Waals surface area contributed by atoms with E-state index in [1.807, 2.05) is 0 Å². The summed E-state index contributed by atoms with van der Waals surface area (Å²) in [6.45, 7) is 3.56. The predicted molar refractivity (Wildman–Crippen MR) is 45.9 cm³/mol. The summed E-state index contributed by atoms with van der Waals surface area (Å²) in [7, 11) is 0. The maximum absolute atomic E-state index is 13.1. The Kier molecular flexibility index (Phi) is 2.91. The van der Waals surface area contributed by atoms with Crippen LogP contribution in [-0.4, -0.2) is 35.7 Å². The number of alkyl halides is 3. The van der Waals surface area contributed by atoms with Crippen molar-refractivity contribution in [3.8, 4) is 0 Å². The molecule has 0 saturated carbocycles. The summed E-state index contributed by atoms with van der Waals surface area (Å²) in [4.78, 5) is 12.1. The van der Waals surface area contributed by atoms with Gasteiger partial charge in [-0.05, 0) is 0 Å². The fourth-order valence-electron chi connectivity index (χ4n) is 1.31. The molecule has 1 rings (SSSR count). The first-order valence-corrected chi connectivity index (χ1v) is 4.41. The van der Waals surface area contributed by atoms with Gasteiger partial charge in [0.05, 0.1) is 5.92 Å². The number of carbonyl (C=O) groups excluding carboxylic acids is 1. The summed E-state index contributed by atoms with van der Waals surface area (Å²) in [5, 5.41) is 0. The average molecular weight is 210 g/mol. The Bertz CT molecular complexity index is 232. The molecule has 0 aliphatic carbocycles. The lowest BCUT2D eigenvalue weighted by Gasteiger charge is -2.12. The summed E-state index contributed by atoms with van der Waals surface area (Å²) in [5.74, 6) is -5.71. The van der Waals surface area contributed by atoms with Gasteiger partial charge in [-0.25, -0.2) is 0 Å². The molecule has 0 aromatic heterocycles. The van der Waals surface area contributed by atoms with E-state index in [0.29, 0.717) is 0 Å². The molecule has 1 aliphatic rings. The summed E-state index contributed by atoms with van der Waals surface area (Å²) in [6.07, 6.45) is 1.42. The van der Waals surface area contributed by atoms with Crippen LogP contribution in [0.1, 0.15) is 0 Å². The van der Waals surface area contributed by atoms with Gasteiger partial charge in [-0.2, -0.15) is 8.78 Å². The van der Waals surface area contributed by atoms with Gasteiger partial charge in [-0.15, -0.1) is 18.2 Å². The number of hydrogen-bond acceptors (Lipinski definition) is 1. The molecule has 2 nitrogen and oxygen atoms in total. The van der Waals surface area contributed by atoms with Crippen LogP contribution in [0.4, 0.5) is 8.78 Å². The number of halogens is 3. The van der Waals surface area contributed by atoms with E-state index in [-0.39, 0.29) is 19.0 Å². The van der Waals surface area contributed by atoms with Gasteiger partial charge in [0, 0.05) is 19.0 Å². The van der Waals surface area contributed by atoms with Gasteiger partial charge in [0.15, 0.2) is 0 Å². The third-order valence-electron chi connectivity index (χ3n) is 2.06. The van der Waals surface area contributed by atoms with E-state index in [2.05, 4.69) is 6.58 Å². The number of carbonyl (C=O) groups is 1. The van der Waals surface area contributed by atoms with Crippen LogP contribution in [0.2, 0.25) is 0 Å². The number of nitrogens with zero attached hydrogens (tertiary/aromatic N) is 1. The summed E-state index contributed by atoms with van der Waals surface area (Å²) in [6, 6.07) is 0. The van der Waals surface area contributed by atoms with Crippen molar-refractivity contribution in [3.63, 3.8) is 0 Å². The zero-order chi connectivity index (χ0) is 10.1. The van der Waals surface area contributed by atoms with Gasteiger partial charge in [-0.1, -0.05) is 6.08 Å². The second-order valence-electron chi connectivity index (χ2n) is 2.97. The smallest absolute Gasteiger partial charge is 0.330 e. The minimum atomic E-state index is -3.30. The lowest BCUT2D eigenvalue weighted by Crippen LogP contribution is -2.35. The average Bonchev–Trinajstić information content (AvgIpc) is 2.29. The van der Waals surface area contributed by atoms with Crippen LogP contribution in [0.3, 0.4) is 0 Å². The molecule has 1 amide bonds. The zero-order valence-corrected chi connectivity index (χ0v) is 7.73. The Morgan fingerprint density at radius 3 is 2.77 bits per heavy atom. The SMILES string of the molecule is C=CCN1CC(CCl)C(F)(F)C1=O. The van der Waals surface area contributed by atoms with Crippen molar-refractivity contribution in [3.05, 3.63) is 12.7 Å². The molecule has 0 bridgehead atoms. The minimum absolute atomic E-state index is 0.0152. The highest BCUT2D eigenvalue weighted by Gasteiger charge is 2.55. The van der Waals surface area contributed by atoms with Crippen molar-refractivity contribution in [2.75, 3.05) is 19.0 Å². The first-order valence-electron chi connectivity index (χ1n) is 3.88. The molecule has 1 atom stereocenters. The van der Waals surface area contributed by atoms with Crippen molar-refractivity contribution in [1.82, 2.24) is 4.90 Å². The lowest BCUT2D eigenvalue weighted by atomic mass is 10.1. The highest BCUT2D eigenvalue weighted by molar-refractivity contribution is 6.18. The monoisotopic (exact) mass is 209 g/mol. The summed E-state index contributed by atoms with van der Waals surface area (Å²) in [5.41, 5.74) is 0. The third-order valence-corrected chi connectivity index (χ3v) is 2.43. The molecule has 5 heteroatoms. The van der Waals surface area contributed by atoms with Crippen LogP contribution < -0.4 is 0 Å². The van der Waals surface area contributed by atoms with Crippen molar-refractivity contribution in [2.24, 2.45) is 5.92 Å². The van der Waals surface area contributed by atoms with Crippen LogP contribution in [0.15, 0.2) is 12.7 Å². The molecule has 0 radical (unpaired) electrons. The van der Waals surface area contributed by atoms with Crippen LogP contribution in [0.5, 0.6) is 0 Å². The Labute approximate surface area is 80.2 Å². The highest BCUT2D eigenvalue weighted by Crippen LogP contribution is 2.34. The number of amides is 1. The van der Waals surface area contributed by atoms with Crippen molar-refractivity contribution in [1.29, 1.82) is 0 Å². The second kappa shape index (κ2) is 3.62. The normalized spacial score (nSPS) is 26.5. The van der Waals surface area contributed by atoms with Crippen molar-refractivity contribution in [2.45, 2.75) is 5.92 Å². The quantitative estimate of drug-likeness (QED) is 0.510. The van der Waals surface area contributed by atoms with E-state index in [0.717, 1.165) is 4.90 Å². The van der Waals surface area contributed by atoms with Gasteiger partial charge in [0.2, 0.25) is 0 Å². The van der Waals surface area contributed by atoms with E-state index < -0.39 is 17.7 Å². The minimum Gasteiger partial charge on any atom is -0.333 e. The molecule has 0 spiro atoms. The lowest BCUT2D eigenvalue weighted by molar-refractivity contribution is -0.150. The van der Waals surface area contributed by atoms with E-state index in [9.17, 15) is 13.6 Å². The van der Waals surface area contributed by atoms with E-state index >= 15 is 0 Å². The van der Waals surface area contributed by atoms with Crippen LogP contribution >= 0.6 is 11.6 Å². The second-order valence-corrected chi connectivity index (χ2v) is 3.28. The number of likely N-dealkylation sites (tertiary alicyclic amines) is 1. The summed E-state index contributed by atoms with van der Waals surface area (Å²) < 4.78 is 26.1. The molecule has 1 fully saturated rings. The highest BCUT2D eigenvalue weighted by atomic mass is 35.5. The molecule has 74 valence electrons. The van der Waals surface area contributed by atoms with Gasteiger partial charge >= 0.3 is 5.92 Å². The largest absolute Gasteiger partial charge is 0.333 e. The molecular formula is C8H10ClF2NO. The molecule has 1 heterocycles. The Morgan fingerprint density at radius 1 is 1.77 bits per heavy atom. The standard InChI is InChI=1S/C8H10ClF2NO/c1-2-3-12-5-6(4-9)8(10,11)7(12)13/h2,6H,1,3-5H2. The first-order chi connectivity index (χ1) is 6.04. The number of rotatable bonds is 3. The van der Waals surface area contributed by atoms with Crippen molar-refractivity contribution >= 4 is 17.5 Å². The summed E-state index contributed by atoms with van der Waals surface area (Å²) >= 11 is 5.34. The van der Waals surface area contributed by atoms with Gasteiger partial charge in [0.25, 0.3) is 5.91 Å². The van der Waals surface area contributed by atoms with E-state index in [1.54, 1.807) is 0 Å². The van der Waals surface area contributed by atoms with Crippen LogP contribution in [0, 0.1) is 5.92 Å². The Morgan fingerprint density at radius 2 is 2.38 bits per heavy atom. The molecule has 1 aliphatic heterocycles. The predicted octanol–water partition coefficient (Wildman–Crippen LogP) is 1.50.